The fourth-order valence-corrected chi connectivity index (χ4v) is 3.62. The Kier molecular flexibility index (Phi) is 4.10. The van der Waals surface area contributed by atoms with Crippen LogP contribution in [0.3, 0.4) is 0 Å². The quantitative estimate of drug-likeness (QED) is 0.620. The minimum atomic E-state index is -2.39. The summed E-state index contributed by atoms with van der Waals surface area (Å²) in [6.45, 7) is 4.38. The van der Waals surface area contributed by atoms with E-state index < -0.39 is 5.92 Å². The molecular formula is C15H26F2. The minimum absolute atomic E-state index is 0.322. The van der Waals surface area contributed by atoms with Gasteiger partial charge in [0, 0.05) is 11.8 Å². The molecule has 0 aromatic rings. The van der Waals surface area contributed by atoms with Crippen molar-refractivity contribution >= 4 is 0 Å². The summed E-state index contributed by atoms with van der Waals surface area (Å²) >= 11 is 0. The number of alkyl halides is 2. The van der Waals surface area contributed by atoms with E-state index in [9.17, 15) is 8.78 Å². The third-order valence-corrected chi connectivity index (χ3v) is 5.12. The summed E-state index contributed by atoms with van der Waals surface area (Å²) in [5.74, 6) is -1.71. The second kappa shape index (κ2) is 5.24. The molecule has 0 unspecified atom stereocenters. The third-order valence-electron chi connectivity index (χ3n) is 5.12. The SMILES string of the molecule is CC1CCC(C(F)(F)C2CCC(C)CC2)CC1. The summed E-state index contributed by atoms with van der Waals surface area (Å²) in [6, 6.07) is 0. The van der Waals surface area contributed by atoms with Gasteiger partial charge in [-0.3, -0.25) is 0 Å². The highest BCUT2D eigenvalue weighted by atomic mass is 19.3. The first-order valence-electron chi connectivity index (χ1n) is 7.38. The van der Waals surface area contributed by atoms with Gasteiger partial charge in [0.25, 0.3) is 5.92 Å². The second-order valence-electron chi connectivity index (χ2n) is 6.59. The molecule has 17 heavy (non-hydrogen) atoms. The largest absolute Gasteiger partial charge is 0.253 e. The summed E-state index contributed by atoms with van der Waals surface area (Å²) in [5, 5.41) is 0. The molecule has 2 aliphatic rings. The van der Waals surface area contributed by atoms with Crippen molar-refractivity contribution in [3.63, 3.8) is 0 Å². The molecule has 0 heterocycles. The lowest BCUT2D eigenvalue weighted by Gasteiger charge is -2.39. The maximum Gasteiger partial charge on any atom is 0.253 e. The molecule has 2 rings (SSSR count). The molecule has 2 saturated carbocycles. The van der Waals surface area contributed by atoms with Crippen LogP contribution in [-0.2, 0) is 0 Å². The maximum atomic E-state index is 14.4. The molecule has 0 nitrogen and oxygen atoms in total. The van der Waals surface area contributed by atoms with Crippen LogP contribution in [0.4, 0.5) is 8.78 Å². The molecular weight excluding hydrogens is 218 g/mol. The Hall–Kier alpha value is -0.140. The van der Waals surface area contributed by atoms with Crippen LogP contribution in [-0.4, -0.2) is 5.92 Å². The Morgan fingerprint density at radius 2 is 0.941 bits per heavy atom. The normalized spacial score (nSPS) is 40.2. The van der Waals surface area contributed by atoms with Gasteiger partial charge < -0.3 is 0 Å². The topological polar surface area (TPSA) is 0 Å². The van der Waals surface area contributed by atoms with Crippen LogP contribution < -0.4 is 0 Å². The van der Waals surface area contributed by atoms with E-state index in [0.29, 0.717) is 11.8 Å². The predicted octanol–water partition coefficient (Wildman–Crippen LogP) is 5.27. The molecule has 0 atom stereocenters. The van der Waals surface area contributed by atoms with Crippen molar-refractivity contribution in [1.82, 2.24) is 0 Å². The monoisotopic (exact) mass is 244 g/mol. The van der Waals surface area contributed by atoms with Crippen LogP contribution in [0.1, 0.15) is 65.2 Å². The lowest BCUT2D eigenvalue weighted by molar-refractivity contribution is -0.132. The zero-order chi connectivity index (χ0) is 12.5. The standard InChI is InChI=1S/C15H26F2/c1-11-3-7-13(8-4-11)15(16,17)14-9-5-12(2)6-10-14/h11-14H,3-10H2,1-2H3. The summed E-state index contributed by atoms with van der Waals surface area (Å²) < 4.78 is 28.9. The summed E-state index contributed by atoms with van der Waals surface area (Å²) in [4.78, 5) is 0. The fourth-order valence-electron chi connectivity index (χ4n) is 3.62. The molecule has 0 aliphatic heterocycles. The molecule has 0 aromatic heterocycles. The Bertz CT molecular complexity index is 209. The number of hydrogen-bond donors (Lipinski definition) is 0. The maximum absolute atomic E-state index is 14.4. The van der Waals surface area contributed by atoms with E-state index in [2.05, 4.69) is 13.8 Å². The summed E-state index contributed by atoms with van der Waals surface area (Å²) in [5.41, 5.74) is 0. The predicted molar refractivity (Wildman–Crippen MR) is 67.2 cm³/mol. The van der Waals surface area contributed by atoms with Crippen LogP contribution in [0.15, 0.2) is 0 Å². The first-order chi connectivity index (χ1) is 8.00. The van der Waals surface area contributed by atoms with Gasteiger partial charge in [-0.15, -0.1) is 0 Å². The Labute approximate surface area is 104 Å². The molecule has 0 bridgehead atoms. The van der Waals surface area contributed by atoms with Crippen LogP contribution in [0.2, 0.25) is 0 Å². The van der Waals surface area contributed by atoms with Crippen LogP contribution >= 0.6 is 0 Å². The van der Waals surface area contributed by atoms with Gasteiger partial charge in [-0.2, -0.15) is 0 Å². The fraction of sp³-hybridized carbons (Fsp3) is 1.00. The average molecular weight is 244 g/mol. The van der Waals surface area contributed by atoms with Gasteiger partial charge in [0.1, 0.15) is 0 Å². The van der Waals surface area contributed by atoms with Gasteiger partial charge in [0.05, 0.1) is 0 Å². The lowest BCUT2D eigenvalue weighted by atomic mass is 9.71. The van der Waals surface area contributed by atoms with Gasteiger partial charge in [-0.1, -0.05) is 39.5 Å². The average Bonchev–Trinajstić information content (AvgIpc) is 2.30. The van der Waals surface area contributed by atoms with E-state index in [1.165, 1.54) is 0 Å². The third kappa shape index (κ3) is 3.00. The molecule has 0 amide bonds. The zero-order valence-corrected chi connectivity index (χ0v) is 11.2. The van der Waals surface area contributed by atoms with E-state index in [1.807, 2.05) is 0 Å². The molecule has 2 fully saturated rings. The van der Waals surface area contributed by atoms with Gasteiger partial charge in [-0.05, 0) is 37.5 Å². The van der Waals surface area contributed by atoms with E-state index in [4.69, 9.17) is 0 Å². The number of halogens is 2. The molecule has 0 saturated heterocycles. The van der Waals surface area contributed by atoms with Crippen molar-refractivity contribution in [3.8, 4) is 0 Å². The first kappa shape index (κ1) is 13.3. The summed E-state index contributed by atoms with van der Waals surface area (Å²) in [7, 11) is 0. The van der Waals surface area contributed by atoms with Crippen LogP contribution in [0.25, 0.3) is 0 Å². The van der Waals surface area contributed by atoms with Crippen molar-refractivity contribution < 1.29 is 8.78 Å². The lowest BCUT2D eigenvalue weighted by Crippen LogP contribution is -2.40. The number of hydrogen-bond acceptors (Lipinski definition) is 0. The molecule has 2 heteroatoms. The minimum Gasteiger partial charge on any atom is -0.206 e. The smallest absolute Gasteiger partial charge is 0.206 e. The Morgan fingerprint density at radius 3 is 1.24 bits per heavy atom. The van der Waals surface area contributed by atoms with E-state index >= 15 is 0 Å². The highest BCUT2D eigenvalue weighted by molar-refractivity contribution is 4.89. The molecule has 0 spiro atoms. The van der Waals surface area contributed by atoms with Crippen molar-refractivity contribution in [3.05, 3.63) is 0 Å². The molecule has 0 aromatic carbocycles. The Balaban J connectivity index is 1.93. The van der Waals surface area contributed by atoms with E-state index in [-0.39, 0.29) is 11.8 Å². The van der Waals surface area contributed by atoms with E-state index in [0.717, 1.165) is 51.4 Å². The first-order valence-corrected chi connectivity index (χ1v) is 7.38. The molecule has 0 radical (unpaired) electrons. The number of rotatable bonds is 2. The Morgan fingerprint density at radius 1 is 0.647 bits per heavy atom. The second-order valence-corrected chi connectivity index (χ2v) is 6.59. The van der Waals surface area contributed by atoms with Crippen molar-refractivity contribution in [1.29, 1.82) is 0 Å². The highest BCUT2D eigenvalue weighted by Gasteiger charge is 2.47. The van der Waals surface area contributed by atoms with Crippen molar-refractivity contribution in [2.24, 2.45) is 23.7 Å². The van der Waals surface area contributed by atoms with Crippen LogP contribution in [0, 0.1) is 23.7 Å². The van der Waals surface area contributed by atoms with Crippen molar-refractivity contribution in [2.45, 2.75) is 71.1 Å². The van der Waals surface area contributed by atoms with E-state index in [1.54, 1.807) is 0 Å². The van der Waals surface area contributed by atoms with Crippen molar-refractivity contribution in [2.75, 3.05) is 0 Å². The molecule has 100 valence electrons. The molecule has 0 N–H and O–H groups in total. The summed E-state index contributed by atoms with van der Waals surface area (Å²) in [6.07, 6.45) is 7.01. The molecule has 2 aliphatic carbocycles. The van der Waals surface area contributed by atoms with Crippen LogP contribution in [0.5, 0.6) is 0 Å². The zero-order valence-electron chi connectivity index (χ0n) is 11.2. The van der Waals surface area contributed by atoms with Gasteiger partial charge in [0.2, 0.25) is 0 Å². The van der Waals surface area contributed by atoms with Gasteiger partial charge in [0.15, 0.2) is 0 Å². The highest BCUT2D eigenvalue weighted by Crippen LogP contribution is 2.47. The van der Waals surface area contributed by atoms with Gasteiger partial charge >= 0.3 is 0 Å². The van der Waals surface area contributed by atoms with Gasteiger partial charge in [-0.25, -0.2) is 8.78 Å².